The van der Waals surface area contributed by atoms with Gasteiger partial charge in [0.25, 0.3) is 11.7 Å². The molecular weight excluding hydrogens is 343 g/mol. The lowest BCUT2D eigenvalue weighted by Gasteiger charge is -2.10. The highest BCUT2D eigenvalue weighted by molar-refractivity contribution is 6.42. The van der Waals surface area contributed by atoms with Gasteiger partial charge in [-0.05, 0) is 60.4 Å². The molecule has 0 saturated heterocycles. The molecular formula is C22H21FN2O2. The van der Waals surface area contributed by atoms with E-state index in [0.717, 1.165) is 11.1 Å². The molecule has 0 aliphatic carbocycles. The first-order chi connectivity index (χ1) is 12.9. The summed E-state index contributed by atoms with van der Waals surface area (Å²) in [5, 5.41) is 2.59. The summed E-state index contributed by atoms with van der Waals surface area (Å²) in [6.45, 7) is 4.78. The van der Waals surface area contributed by atoms with Gasteiger partial charge in [0.1, 0.15) is 5.82 Å². The zero-order valence-electron chi connectivity index (χ0n) is 15.3. The van der Waals surface area contributed by atoms with E-state index in [-0.39, 0.29) is 12.4 Å². The van der Waals surface area contributed by atoms with E-state index in [9.17, 15) is 14.0 Å². The molecule has 1 heterocycles. The van der Waals surface area contributed by atoms with Crippen LogP contribution in [-0.4, -0.2) is 16.3 Å². The Kier molecular flexibility index (Phi) is 5.50. The van der Waals surface area contributed by atoms with Crippen LogP contribution in [-0.2, 0) is 17.9 Å². The molecule has 2 aromatic carbocycles. The van der Waals surface area contributed by atoms with Crippen LogP contribution < -0.4 is 5.32 Å². The number of aryl methyl sites for hydroxylation is 2. The maximum Gasteiger partial charge on any atom is 0.294 e. The van der Waals surface area contributed by atoms with Crippen LogP contribution in [0.2, 0.25) is 0 Å². The highest BCUT2D eigenvalue weighted by Crippen LogP contribution is 2.13. The Morgan fingerprint density at radius 3 is 2.37 bits per heavy atom. The Hall–Kier alpha value is -3.21. The summed E-state index contributed by atoms with van der Waals surface area (Å²) >= 11 is 0. The quantitative estimate of drug-likeness (QED) is 0.534. The molecule has 0 saturated carbocycles. The van der Waals surface area contributed by atoms with Crippen molar-refractivity contribution in [2.75, 3.05) is 0 Å². The minimum Gasteiger partial charge on any atom is -0.345 e. The molecule has 0 atom stereocenters. The largest absolute Gasteiger partial charge is 0.345 e. The van der Waals surface area contributed by atoms with Crippen LogP contribution >= 0.6 is 0 Å². The first kappa shape index (κ1) is 18.6. The minimum atomic E-state index is -0.681. The smallest absolute Gasteiger partial charge is 0.294 e. The maximum atomic E-state index is 12.9. The summed E-state index contributed by atoms with van der Waals surface area (Å²) in [6, 6.07) is 15.3. The summed E-state index contributed by atoms with van der Waals surface area (Å²) in [6.07, 6.45) is 1.79. The molecule has 0 unspecified atom stereocenters. The molecule has 0 aliphatic heterocycles. The molecule has 0 bridgehead atoms. The van der Waals surface area contributed by atoms with Gasteiger partial charge in [-0.15, -0.1) is 0 Å². The van der Waals surface area contributed by atoms with Crippen molar-refractivity contribution in [2.45, 2.75) is 26.9 Å². The van der Waals surface area contributed by atoms with E-state index in [1.807, 2.05) is 19.1 Å². The number of aromatic nitrogens is 1. The number of halogens is 1. The lowest BCUT2D eigenvalue weighted by atomic mass is 10.1. The predicted octanol–water partition coefficient (Wildman–Crippen LogP) is 3.79. The first-order valence-corrected chi connectivity index (χ1v) is 8.72. The molecule has 1 N–H and O–H groups in total. The van der Waals surface area contributed by atoms with Crippen molar-refractivity contribution < 1.29 is 14.0 Å². The number of carbonyl (C=O) groups is 2. The van der Waals surface area contributed by atoms with Crippen molar-refractivity contribution in [1.29, 1.82) is 0 Å². The van der Waals surface area contributed by atoms with Crippen molar-refractivity contribution in [3.05, 3.63) is 94.6 Å². The number of ketones is 1. The zero-order valence-corrected chi connectivity index (χ0v) is 15.3. The molecule has 1 aromatic heterocycles. The van der Waals surface area contributed by atoms with E-state index in [1.54, 1.807) is 35.0 Å². The van der Waals surface area contributed by atoms with E-state index < -0.39 is 11.7 Å². The third-order valence-corrected chi connectivity index (χ3v) is 4.56. The van der Waals surface area contributed by atoms with Crippen LogP contribution in [0, 0.1) is 19.7 Å². The standard InChI is InChI=1S/C22H21FN2O2/c1-15-5-6-18(12-16(15)2)14-25-11-3-4-20(25)21(26)22(27)24-13-17-7-9-19(23)10-8-17/h3-12H,13-14H2,1-2H3,(H,24,27). The first-order valence-electron chi connectivity index (χ1n) is 8.72. The lowest BCUT2D eigenvalue weighted by molar-refractivity contribution is -0.117. The molecule has 3 aromatic rings. The van der Waals surface area contributed by atoms with Crippen LogP contribution in [0.3, 0.4) is 0 Å². The van der Waals surface area contributed by atoms with Gasteiger partial charge in [0.05, 0.1) is 5.69 Å². The van der Waals surface area contributed by atoms with E-state index in [2.05, 4.69) is 18.3 Å². The van der Waals surface area contributed by atoms with E-state index in [4.69, 9.17) is 0 Å². The zero-order chi connectivity index (χ0) is 19.4. The van der Waals surface area contributed by atoms with Crippen LogP contribution in [0.5, 0.6) is 0 Å². The molecule has 0 aliphatic rings. The van der Waals surface area contributed by atoms with Gasteiger partial charge in [0.15, 0.2) is 0 Å². The fourth-order valence-corrected chi connectivity index (χ4v) is 2.84. The number of nitrogens with one attached hydrogen (secondary N) is 1. The fraction of sp³-hybridized carbons (Fsp3) is 0.182. The number of carbonyl (C=O) groups excluding carboxylic acids is 2. The number of nitrogens with zero attached hydrogens (tertiary/aromatic N) is 1. The van der Waals surface area contributed by atoms with Crippen molar-refractivity contribution in [1.82, 2.24) is 9.88 Å². The van der Waals surface area contributed by atoms with Crippen molar-refractivity contribution in [3.8, 4) is 0 Å². The van der Waals surface area contributed by atoms with Gasteiger partial charge in [-0.2, -0.15) is 0 Å². The van der Waals surface area contributed by atoms with E-state index in [0.29, 0.717) is 12.2 Å². The van der Waals surface area contributed by atoms with Crippen molar-refractivity contribution >= 4 is 11.7 Å². The van der Waals surface area contributed by atoms with Crippen LogP contribution in [0.25, 0.3) is 0 Å². The number of hydrogen-bond acceptors (Lipinski definition) is 2. The molecule has 0 fully saturated rings. The average Bonchev–Trinajstić information content (AvgIpc) is 3.11. The van der Waals surface area contributed by atoms with Crippen molar-refractivity contribution in [3.63, 3.8) is 0 Å². The summed E-state index contributed by atoms with van der Waals surface area (Å²) in [7, 11) is 0. The second-order valence-corrected chi connectivity index (χ2v) is 6.58. The number of Topliss-reactive ketones (excluding diaryl/α,β-unsaturated/α-hetero) is 1. The molecule has 138 valence electrons. The van der Waals surface area contributed by atoms with E-state index >= 15 is 0 Å². The molecule has 3 rings (SSSR count). The molecule has 0 radical (unpaired) electrons. The van der Waals surface area contributed by atoms with Gasteiger partial charge in [-0.1, -0.05) is 30.3 Å². The van der Waals surface area contributed by atoms with Gasteiger partial charge in [0, 0.05) is 19.3 Å². The summed E-state index contributed by atoms with van der Waals surface area (Å²) in [4.78, 5) is 24.8. The maximum absolute atomic E-state index is 12.9. The second-order valence-electron chi connectivity index (χ2n) is 6.58. The van der Waals surface area contributed by atoms with E-state index in [1.165, 1.54) is 23.3 Å². The van der Waals surface area contributed by atoms with Crippen LogP contribution in [0.1, 0.15) is 32.7 Å². The number of hydrogen-bond donors (Lipinski definition) is 1. The molecule has 4 nitrogen and oxygen atoms in total. The Morgan fingerprint density at radius 1 is 0.963 bits per heavy atom. The average molecular weight is 364 g/mol. The minimum absolute atomic E-state index is 0.169. The summed E-state index contributed by atoms with van der Waals surface area (Å²) < 4.78 is 14.7. The topological polar surface area (TPSA) is 51.1 Å². The van der Waals surface area contributed by atoms with Crippen LogP contribution in [0.15, 0.2) is 60.8 Å². The normalized spacial score (nSPS) is 10.6. The van der Waals surface area contributed by atoms with Gasteiger partial charge < -0.3 is 9.88 Å². The molecule has 1 amide bonds. The van der Waals surface area contributed by atoms with Gasteiger partial charge in [0.2, 0.25) is 0 Å². The monoisotopic (exact) mass is 364 g/mol. The Bertz CT molecular complexity index is 974. The third-order valence-electron chi connectivity index (χ3n) is 4.56. The molecule has 27 heavy (non-hydrogen) atoms. The van der Waals surface area contributed by atoms with Gasteiger partial charge in [-0.3, -0.25) is 9.59 Å². The van der Waals surface area contributed by atoms with Gasteiger partial charge in [-0.25, -0.2) is 4.39 Å². The SMILES string of the molecule is Cc1ccc(Cn2cccc2C(=O)C(=O)NCc2ccc(F)cc2)cc1C. The number of rotatable bonds is 6. The molecule has 0 spiro atoms. The Labute approximate surface area is 157 Å². The highest BCUT2D eigenvalue weighted by atomic mass is 19.1. The summed E-state index contributed by atoms with van der Waals surface area (Å²) in [5.74, 6) is -1.62. The summed E-state index contributed by atoms with van der Waals surface area (Å²) in [5.41, 5.74) is 4.52. The lowest BCUT2D eigenvalue weighted by Crippen LogP contribution is -2.32. The van der Waals surface area contributed by atoms with Crippen LogP contribution in [0.4, 0.5) is 4.39 Å². The predicted molar refractivity (Wildman–Crippen MR) is 102 cm³/mol. The van der Waals surface area contributed by atoms with Gasteiger partial charge >= 0.3 is 0 Å². The Morgan fingerprint density at radius 2 is 1.67 bits per heavy atom. The second kappa shape index (κ2) is 7.99. The third kappa shape index (κ3) is 4.50. The Balaban J connectivity index is 1.68. The highest BCUT2D eigenvalue weighted by Gasteiger charge is 2.19. The molecule has 5 heteroatoms. The van der Waals surface area contributed by atoms with Crippen molar-refractivity contribution in [2.24, 2.45) is 0 Å². The fourth-order valence-electron chi connectivity index (χ4n) is 2.84. The number of benzene rings is 2. The number of amides is 1.